The van der Waals surface area contributed by atoms with Gasteiger partial charge in [0.15, 0.2) is 10.8 Å². The van der Waals surface area contributed by atoms with Gasteiger partial charge < -0.3 is 0 Å². The van der Waals surface area contributed by atoms with Gasteiger partial charge in [-0.3, -0.25) is 9.38 Å². The van der Waals surface area contributed by atoms with Crippen molar-refractivity contribution in [2.24, 2.45) is 0 Å². The van der Waals surface area contributed by atoms with Crippen molar-refractivity contribution in [1.29, 1.82) is 0 Å². The van der Waals surface area contributed by atoms with Crippen LogP contribution in [0, 0.1) is 0 Å². The van der Waals surface area contributed by atoms with Crippen LogP contribution >= 0.6 is 23.4 Å². The van der Waals surface area contributed by atoms with Gasteiger partial charge in [-0.25, -0.2) is 8.42 Å². The number of halogens is 1. The fourth-order valence-corrected chi connectivity index (χ4v) is 5.97. The van der Waals surface area contributed by atoms with E-state index in [9.17, 15) is 8.42 Å². The lowest BCUT2D eigenvalue weighted by Crippen LogP contribution is -2.30. The summed E-state index contributed by atoms with van der Waals surface area (Å²) in [6.07, 6.45) is 3.32. The number of sulfonamides is 1. The lowest BCUT2D eigenvalue weighted by molar-refractivity contribution is 0.445. The third-order valence-electron chi connectivity index (χ3n) is 4.85. The third-order valence-corrected chi connectivity index (χ3v) is 8.21. The zero-order valence-corrected chi connectivity index (χ0v) is 18.9. The summed E-state index contributed by atoms with van der Waals surface area (Å²) in [4.78, 5) is 4.68. The smallest absolute Gasteiger partial charge is 0.244 e. The maximum absolute atomic E-state index is 12.9. The van der Waals surface area contributed by atoms with E-state index in [-0.39, 0.29) is 4.90 Å². The van der Waals surface area contributed by atoms with Gasteiger partial charge in [0.2, 0.25) is 10.0 Å². The van der Waals surface area contributed by atoms with Crippen LogP contribution < -0.4 is 0 Å². The van der Waals surface area contributed by atoms with Gasteiger partial charge in [0, 0.05) is 47.2 Å². The van der Waals surface area contributed by atoms with Gasteiger partial charge in [-0.05, 0) is 24.3 Å². The minimum Gasteiger partial charge on any atom is -0.276 e. The fraction of sp³-hybridized carbons (Fsp3) is 0.250. The molecule has 0 spiro atoms. The van der Waals surface area contributed by atoms with E-state index in [0.29, 0.717) is 34.7 Å². The van der Waals surface area contributed by atoms with Crippen LogP contribution in [0.4, 0.5) is 0 Å². The number of benzene rings is 1. The molecule has 0 saturated heterocycles. The Morgan fingerprint density at radius 3 is 2.67 bits per heavy atom. The monoisotopic (exact) mass is 461 g/mol. The van der Waals surface area contributed by atoms with E-state index in [2.05, 4.69) is 15.2 Å². The molecule has 4 rings (SSSR count). The molecule has 30 heavy (non-hydrogen) atoms. The Labute approximate surface area is 184 Å². The molecule has 0 aliphatic carbocycles. The average Bonchev–Trinajstić information content (AvgIpc) is 3.16. The van der Waals surface area contributed by atoms with Crippen LogP contribution in [0.25, 0.3) is 16.6 Å². The molecular weight excluding hydrogens is 442 g/mol. The van der Waals surface area contributed by atoms with Gasteiger partial charge in [0.25, 0.3) is 0 Å². The number of hydrogen-bond acceptors (Lipinski definition) is 6. The van der Waals surface area contributed by atoms with Crippen LogP contribution in [-0.2, 0) is 15.8 Å². The van der Waals surface area contributed by atoms with Crippen molar-refractivity contribution < 1.29 is 8.42 Å². The lowest BCUT2D eigenvalue weighted by Gasteiger charge is -2.18. The SMILES string of the molecule is CCN(CC)S(=O)(=O)c1ccc2nnc(SCc3c(Cl)ccc4cccnc34)n2c1. The highest BCUT2D eigenvalue weighted by atomic mass is 35.5. The summed E-state index contributed by atoms with van der Waals surface area (Å²) in [5, 5.41) is 10.6. The van der Waals surface area contributed by atoms with Crippen molar-refractivity contribution in [2.75, 3.05) is 13.1 Å². The highest BCUT2D eigenvalue weighted by Crippen LogP contribution is 2.31. The molecule has 4 aromatic rings. The Balaban J connectivity index is 1.69. The predicted molar refractivity (Wildman–Crippen MR) is 119 cm³/mol. The Morgan fingerprint density at radius 1 is 1.10 bits per heavy atom. The van der Waals surface area contributed by atoms with Gasteiger partial charge in [0.05, 0.1) is 10.4 Å². The van der Waals surface area contributed by atoms with E-state index < -0.39 is 10.0 Å². The standard InChI is InChI=1S/C20H20ClN5O2S2/c1-3-25(4-2)30(27,28)15-8-10-18-23-24-20(26(18)12-15)29-13-16-17(21)9-7-14-6-5-11-22-19(14)16/h5-12H,3-4,13H2,1-2H3. The minimum atomic E-state index is -3.57. The maximum Gasteiger partial charge on any atom is 0.244 e. The molecule has 0 unspecified atom stereocenters. The first-order valence-corrected chi connectivity index (χ1v) is 12.3. The molecule has 1 aromatic carbocycles. The first-order chi connectivity index (χ1) is 14.5. The predicted octanol–water partition coefficient (Wildman–Crippen LogP) is 4.25. The average molecular weight is 462 g/mol. The van der Waals surface area contributed by atoms with Gasteiger partial charge in [-0.1, -0.05) is 49.3 Å². The summed E-state index contributed by atoms with van der Waals surface area (Å²) in [7, 11) is -3.57. The van der Waals surface area contributed by atoms with E-state index in [0.717, 1.165) is 16.5 Å². The molecule has 0 N–H and O–H groups in total. The van der Waals surface area contributed by atoms with Crippen LogP contribution in [0.3, 0.4) is 0 Å². The van der Waals surface area contributed by atoms with Crippen molar-refractivity contribution in [3.63, 3.8) is 0 Å². The third kappa shape index (κ3) is 3.78. The first kappa shape index (κ1) is 21.0. The highest BCUT2D eigenvalue weighted by molar-refractivity contribution is 7.98. The summed E-state index contributed by atoms with van der Waals surface area (Å²) >= 11 is 7.87. The molecule has 3 aromatic heterocycles. The normalized spacial score (nSPS) is 12.3. The molecule has 7 nitrogen and oxygen atoms in total. The molecule has 0 radical (unpaired) electrons. The molecule has 0 fully saturated rings. The Morgan fingerprint density at radius 2 is 1.90 bits per heavy atom. The zero-order valence-electron chi connectivity index (χ0n) is 16.5. The molecule has 10 heteroatoms. The highest BCUT2D eigenvalue weighted by Gasteiger charge is 2.23. The molecule has 0 bridgehead atoms. The topological polar surface area (TPSA) is 80.5 Å². The Hall–Kier alpha value is -2.20. The first-order valence-electron chi connectivity index (χ1n) is 9.45. The molecule has 3 heterocycles. The second-order valence-electron chi connectivity index (χ2n) is 6.55. The number of aromatic nitrogens is 4. The Kier molecular flexibility index (Phi) is 5.97. The van der Waals surface area contributed by atoms with Crippen LogP contribution in [0.2, 0.25) is 5.02 Å². The summed E-state index contributed by atoms with van der Waals surface area (Å²) < 4.78 is 28.9. The van der Waals surface area contributed by atoms with Crippen LogP contribution in [0.1, 0.15) is 19.4 Å². The van der Waals surface area contributed by atoms with Crippen LogP contribution in [0.5, 0.6) is 0 Å². The molecule has 0 aliphatic rings. The van der Waals surface area contributed by atoms with Crippen molar-refractivity contribution in [1.82, 2.24) is 23.9 Å². The molecule has 0 amide bonds. The number of fused-ring (bicyclic) bond motifs is 2. The molecule has 0 aliphatic heterocycles. The lowest BCUT2D eigenvalue weighted by atomic mass is 10.1. The molecule has 0 saturated carbocycles. The van der Waals surface area contributed by atoms with Crippen molar-refractivity contribution in [2.45, 2.75) is 29.7 Å². The number of hydrogen-bond donors (Lipinski definition) is 0. The summed E-state index contributed by atoms with van der Waals surface area (Å²) in [5.41, 5.74) is 2.33. The number of nitrogens with zero attached hydrogens (tertiary/aromatic N) is 5. The number of rotatable bonds is 7. The Bertz CT molecular complexity index is 1320. The number of pyridine rings is 2. The largest absolute Gasteiger partial charge is 0.276 e. The maximum atomic E-state index is 12.9. The van der Waals surface area contributed by atoms with Crippen LogP contribution in [0.15, 0.2) is 58.8 Å². The quantitative estimate of drug-likeness (QED) is 0.383. The van der Waals surface area contributed by atoms with Gasteiger partial charge in [-0.15, -0.1) is 10.2 Å². The summed E-state index contributed by atoms with van der Waals surface area (Å²) in [6, 6.07) is 10.9. The minimum absolute atomic E-state index is 0.213. The van der Waals surface area contributed by atoms with Gasteiger partial charge in [0.1, 0.15) is 0 Å². The van der Waals surface area contributed by atoms with E-state index in [1.165, 1.54) is 16.1 Å². The van der Waals surface area contributed by atoms with Crippen molar-refractivity contribution >= 4 is 49.9 Å². The summed E-state index contributed by atoms with van der Waals surface area (Å²) in [5.74, 6) is 0.529. The fourth-order valence-electron chi connectivity index (χ4n) is 3.27. The van der Waals surface area contributed by atoms with Gasteiger partial charge in [-0.2, -0.15) is 4.31 Å². The van der Waals surface area contributed by atoms with E-state index >= 15 is 0 Å². The molecular formula is C20H20ClN5O2S2. The second-order valence-corrected chi connectivity index (χ2v) is 9.84. The van der Waals surface area contributed by atoms with E-state index in [1.807, 2.05) is 38.1 Å². The van der Waals surface area contributed by atoms with Crippen molar-refractivity contribution in [3.8, 4) is 0 Å². The second kappa shape index (κ2) is 8.50. The zero-order chi connectivity index (χ0) is 21.3. The van der Waals surface area contributed by atoms with Gasteiger partial charge >= 0.3 is 0 Å². The summed E-state index contributed by atoms with van der Waals surface area (Å²) in [6.45, 7) is 4.46. The van der Waals surface area contributed by atoms with E-state index in [4.69, 9.17) is 11.6 Å². The van der Waals surface area contributed by atoms with Crippen molar-refractivity contribution in [3.05, 3.63) is 59.4 Å². The van der Waals surface area contributed by atoms with E-state index in [1.54, 1.807) is 28.9 Å². The molecule has 156 valence electrons. The molecule has 0 atom stereocenters. The number of thioether (sulfide) groups is 1. The van der Waals surface area contributed by atoms with Crippen LogP contribution in [-0.4, -0.2) is 45.4 Å².